The Balaban J connectivity index is 1.18. The van der Waals surface area contributed by atoms with Crippen molar-refractivity contribution < 1.29 is 54.3 Å². The van der Waals surface area contributed by atoms with Crippen LogP contribution in [-0.4, -0.2) is 113 Å². The molecule has 0 saturated carbocycles. The lowest BCUT2D eigenvalue weighted by Crippen LogP contribution is -2.71. The molecule has 0 spiro atoms. The van der Waals surface area contributed by atoms with Crippen molar-refractivity contribution in [1.29, 1.82) is 0 Å². The van der Waals surface area contributed by atoms with Gasteiger partial charge in [-0.25, -0.2) is 19.6 Å². The highest BCUT2D eigenvalue weighted by Crippen LogP contribution is 2.42. The maximum atomic E-state index is 13.5. The minimum absolute atomic E-state index is 0.00995. The van der Waals surface area contributed by atoms with E-state index in [1.807, 2.05) is 0 Å². The van der Waals surface area contributed by atoms with Crippen molar-refractivity contribution >= 4 is 81.2 Å². The number of benzene rings is 1. The zero-order valence-corrected chi connectivity index (χ0v) is 27.9. The molecule has 3 aromatic heterocycles. The zero-order chi connectivity index (χ0) is 36.6. The fourth-order valence-electron chi connectivity index (χ4n) is 5.04. The molecule has 1 fully saturated rings. The molecule has 1 saturated heterocycles. The number of fused-ring (bicyclic) bond motifs is 2. The smallest absolute Gasteiger partial charge is 0.352 e. The van der Waals surface area contributed by atoms with Gasteiger partial charge in [0.15, 0.2) is 22.3 Å². The first-order valence-corrected chi connectivity index (χ1v) is 17.2. The average Bonchev–Trinajstić information content (AvgIpc) is 3.73. The summed E-state index contributed by atoms with van der Waals surface area (Å²) in [5.74, 6) is -6.70. The highest BCUT2D eigenvalue weighted by Gasteiger charge is 2.54. The number of aliphatic carboxylic acids is 2. The van der Waals surface area contributed by atoms with Crippen LogP contribution >= 0.6 is 34.9 Å². The van der Waals surface area contributed by atoms with E-state index < -0.39 is 70.5 Å². The number of oxime groups is 1. The van der Waals surface area contributed by atoms with Gasteiger partial charge in [0.1, 0.15) is 46.3 Å². The third kappa shape index (κ3) is 7.06. The molecule has 4 aromatic rings. The van der Waals surface area contributed by atoms with Gasteiger partial charge in [0, 0.05) is 16.9 Å². The molecule has 2 aliphatic heterocycles. The second-order valence-corrected chi connectivity index (χ2v) is 13.6. The highest BCUT2D eigenvalue weighted by molar-refractivity contribution is 8.01. The first-order chi connectivity index (χ1) is 24.3. The van der Waals surface area contributed by atoms with Crippen LogP contribution in [0.3, 0.4) is 0 Å². The number of rotatable bonds is 13. The fraction of sp³-hybridized carbons (Fsp3) is 0.214. The van der Waals surface area contributed by atoms with Gasteiger partial charge in [-0.1, -0.05) is 5.16 Å². The molecule has 20 nitrogen and oxygen atoms in total. The molecule has 1 aromatic carbocycles. The number of aromatic hydroxyl groups is 2. The van der Waals surface area contributed by atoms with Crippen molar-refractivity contribution in [1.82, 2.24) is 34.8 Å². The van der Waals surface area contributed by atoms with Crippen molar-refractivity contribution in [2.24, 2.45) is 5.16 Å². The van der Waals surface area contributed by atoms with Gasteiger partial charge in [-0.2, -0.15) is 14.6 Å². The van der Waals surface area contributed by atoms with Gasteiger partial charge in [0.25, 0.3) is 17.6 Å². The summed E-state index contributed by atoms with van der Waals surface area (Å²) >= 11 is 3.37. The number of β-lactam (4-membered cyclic amide) rings is 1. The number of thiazole rings is 1. The summed E-state index contributed by atoms with van der Waals surface area (Å²) in [6, 6.07) is 2.44. The normalized spacial score (nSPS) is 17.2. The Hall–Kier alpha value is -5.94. The van der Waals surface area contributed by atoms with Gasteiger partial charge < -0.3 is 41.4 Å². The van der Waals surface area contributed by atoms with Crippen LogP contribution in [0.25, 0.3) is 5.78 Å². The summed E-state index contributed by atoms with van der Waals surface area (Å²) in [6.07, 6.45) is 0.884. The lowest BCUT2D eigenvalue weighted by molar-refractivity contribution is -0.150. The van der Waals surface area contributed by atoms with Crippen LogP contribution in [0.2, 0.25) is 0 Å². The Morgan fingerprint density at radius 2 is 1.90 bits per heavy atom. The zero-order valence-electron chi connectivity index (χ0n) is 25.5. The average molecular weight is 758 g/mol. The van der Waals surface area contributed by atoms with Crippen LogP contribution in [-0.2, 0) is 37.0 Å². The number of phenolic OH excluding ortho intramolecular Hbond substituents is 1. The van der Waals surface area contributed by atoms with E-state index in [1.54, 1.807) is 0 Å². The molecule has 2 amide bonds. The van der Waals surface area contributed by atoms with Crippen LogP contribution in [0, 0.1) is 0 Å². The molecule has 8 N–H and O–H groups in total. The fourth-order valence-corrected chi connectivity index (χ4v) is 8.10. The number of carbonyl (C=O) groups is 5. The number of phenols is 2. The first-order valence-electron chi connectivity index (χ1n) is 14.3. The molecule has 5 heterocycles. The molecular formula is C28H23N9O11S3. The number of aromatic carboxylic acids is 1. The van der Waals surface area contributed by atoms with Gasteiger partial charge in [-0.3, -0.25) is 19.3 Å². The predicted octanol–water partition coefficient (Wildman–Crippen LogP) is 0.351. The molecule has 2 aliphatic rings. The second kappa shape index (κ2) is 14.1. The summed E-state index contributed by atoms with van der Waals surface area (Å²) in [5, 5.41) is 59.9. The lowest BCUT2D eigenvalue weighted by Gasteiger charge is -2.49. The molecule has 2 atom stereocenters. The molecule has 51 heavy (non-hydrogen) atoms. The van der Waals surface area contributed by atoms with Gasteiger partial charge >= 0.3 is 17.9 Å². The number of amides is 2. The number of nitrogens with one attached hydrogen (secondary N) is 1. The van der Waals surface area contributed by atoms with Crippen molar-refractivity contribution in [3.63, 3.8) is 0 Å². The number of nitrogens with two attached hydrogens (primary N) is 1. The predicted molar refractivity (Wildman–Crippen MR) is 177 cm³/mol. The Morgan fingerprint density at radius 1 is 1.12 bits per heavy atom. The van der Waals surface area contributed by atoms with Crippen molar-refractivity contribution in [2.45, 2.75) is 29.5 Å². The van der Waals surface area contributed by atoms with Crippen LogP contribution in [0.1, 0.15) is 27.3 Å². The number of hydrogen-bond donors (Lipinski definition) is 7. The standard InChI is InChI=1S/C28H23N9O11S3/c29-27-33-14(8-51-27)18(35-48-5-10-1-13(25(44)45)21(41)15(38)2-10)22(42)34-19-23(43)36-20(26(46)47)11(7-50-24(19)36)6-49-16-3-12(4-17(39)40)32-28-30-9-31-37(16)28/h1-3,8-9,19,24,38,41H,4-7H2,(H2,29,33)(H,34,42)(H,39,40)(H,44,45)(H,46,47)/b35-18-/t19-,24-/m1/s1. The van der Waals surface area contributed by atoms with E-state index in [1.165, 1.54) is 34.1 Å². The molecule has 0 aliphatic carbocycles. The topological polar surface area (TPSA) is 305 Å². The first kappa shape index (κ1) is 34.9. The van der Waals surface area contributed by atoms with E-state index in [0.29, 0.717) is 10.6 Å². The van der Waals surface area contributed by atoms with Crippen molar-refractivity contribution in [3.8, 4) is 11.5 Å². The number of hydrogen-bond acceptors (Lipinski definition) is 17. The molecule has 264 valence electrons. The number of carboxylic acids is 3. The molecule has 0 radical (unpaired) electrons. The van der Waals surface area contributed by atoms with Crippen LogP contribution in [0.5, 0.6) is 11.5 Å². The van der Waals surface area contributed by atoms with E-state index in [4.69, 9.17) is 10.6 Å². The quantitative estimate of drug-likeness (QED) is 0.0242. The molecule has 0 unspecified atom stereocenters. The molecule has 0 bridgehead atoms. The number of thioether (sulfide) groups is 2. The summed E-state index contributed by atoms with van der Waals surface area (Å²) in [5.41, 5.74) is 5.20. The number of aromatic nitrogens is 5. The van der Waals surface area contributed by atoms with E-state index in [-0.39, 0.29) is 51.5 Å². The van der Waals surface area contributed by atoms with Gasteiger partial charge in [0.2, 0.25) is 0 Å². The van der Waals surface area contributed by atoms with Crippen LogP contribution in [0.15, 0.2) is 51.4 Å². The van der Waals surface area contributed by atoms with Crippen LogP contribution in [0.4, 0.5) is 5.13 Å². The lowest BCUT2D eigenvalue weighted by atomic mass is 10.0. The summed E-state index contributed by atoms with van der Waals surface area (Å²) in [7, 11) is 0. The summed E-state index contributed by atoms with van der Waals surface area (Å²) in [6.45, 7) is -0.449. The SMILES string of the molecule is Nc1nc(/C(=N/OCc2cc(O)c(O)c(C(=O)O)c2)C(=O)N[C@@H]2C(=O)N3C(C(=O)O)=C(CSc4cc(CC(=O)O)nc5ncnn45)CS[C@H]23)cs1. The van der Waals surface area contributed by atoms with Crippen LogP contribution < -0.4 is 11.1 Å². The summed E-state index contributed by atoms with van der Waals surface area (Å²) in [4.78, 5) is 80.5. The third-order valence-corrected chi connectivity index (χ3v) is 10.4. The van der Waals surface area contributed by atoms with E-state index in [0.717, 1.165) is 40.1 Å². The largest absolute Gasteiger partial charge is 0.504 e. The molecule has 23 heteroatoms. The van der Waals surface area contributed by atoms with Gasteiger partial charge in [0.05, 0.1) is 12.1 Å². The Kier molecular flexibility index (Phi) is 9.67. The minimum atomic E-state index is -1.51. The molecule has 6 rings (SSSR count). The maximum Gasteiger partial charge on any atom is 0.352 e. The van der Waals surface area contributed by atoms with Gasteiger partial charge in [-0.05, 0) is 29.3 Å². The van der Waals surface area contributed by atoms with Crippen molar-refractivity contribution in [3.05, 3.63) is 63.7 Å². The Bertz CT molecular complexity index is 2180. The van der Waals surface area contributed by atoms with Crippen molar-refractivity contribution in [2.75, 3.05) is 17.2 Å². The van der Waals surface area contributed by atoms with E-state index in [9.17, 15) is 49.5 Å². The number of nitrogen functional groups attached to an aromatic ring is 1. The monoisotopic (exact) mass is 757 g/mol. The second-order valence-electron chi connectivity index (χ2n) is 10.6. The third-order valence-electron chi connectivity index (χ3n) is 7.28. The van der Waals surface area contributed by atoms with E-state index >= 15 is 0 Å². The highest BCUT2D eigenvalue weighted by atomic mass is 32.2. The van der Waals surface area contributed by atoms with E-state index in [2.05, 4.69) is 30.5 Å². The number of nitrogens with zero attached hydrogens (tertiary/aromatic N) is 7. The Labute approximate surface area is 296 Å². The number of carbonyl (C=O) groups excluding carboxylic acids is 2. The summed E-state index contributed by atoms with van der Waals surface area (Å²) < 4.78 is 1.39. The molecular weight excluding hydrogens is 735 g/mol. The maximum absolute atomic E-state index is 13.5. The number of carboxylic acid groups (broad SMARTS) is 3. The minimum Gasteiger partial charge on any atom is -0.504 e. The van der Waals surface area contributed by atoms with Gasteiger partial charge in [-0.15, -0.1) is 34.9 Å². The number of anilines is 1. The Morgan fingerprint density at radius 3 is 2.59 bits per heavy atom.